The molecule has 1 aromatic heterocycles. The lowest BCUT2D eigenvalue weighted by atomic mass is 10.1. The van der Waals surface area contributed by atoms with E-state index in [4.69, 9.17) is 0 Å². The SMILES string of the molecule is C[C@@H](NSc1ccc2cnccc2c1)C(=O)NCCc1ccccc1. The number of hydrogen-bond acceptors (Lipinski definition) is 4. The van der Waals surface area contributed by atoms with Crippen LogP contribution in [0.5, 0.6) is 0 Å². The highest BCUT2D eigenvalue weighted by Crippen LogP contribution is 2.21. The fraction of sp³-hybridized carbons (Fsp3) is 0.200. The molecule has 128 valence electrons. The molecule has 3 rings (SSSR count). The molecule has 4 nitrogen and oxygen atoms in total. The fourth-order valence-electron chi connectivity index (χ4n) is 2.46. The summed E-state index contributed by atoms with van der Waals surface area (Å²) >= 11 is 1.47. The molecular formula is C20H21N3OS. The second-order valence-electron chi connectivity index (χ2n) is 5.85. The maximum atomic E-state index is 12.2. The second kappa shape index (κ2) is 8.65. The summed E-state index contributed by atoms with van der Waals surface area (Å²) in [7, 11) is 0. The lowest BCUT2D eigenvalue weighted by Gasteiger charge is -2.13. The summed E-state index contributed by atoms with van der Waals surface area (Å²) in [6.07, 6.45) is 4.47. The largest absolute Gasteiger partial charge is 0.354 e. The van der Waals surface area contributed by atoms with Gasteiger partial charge in [-0.25, -0.2) is 4.72 Å². The number of nitrogens with one attached hydrogen (secondary N) is 2. The molecule has 2 aromatic carbocycles. The molecule has 0 radical (unpaired) electrons. The topological polar surface area (TPSA) is 54.0 Å². The minimum atomic E-state index is -0.270. The number of carbonyl (C=O) groups excluding carboxylic acids is 1. The predicted octanol–water partition coefficient (Wildman–Crippen LogP) is 3.58. The summed E-state index contributed by atoms with van der Waals surface area (Å²) < 4.78 is 3.20. The number of nitrogens with zero attached hydrogens (tertiary/aromatic N) is 1. The van der Waals surface area contributed by atoms with Crippen molar-refractivity contribution in [1.82, 2.24) is 15.0 Å². The molecule has 0 bridgehead atoms. The van der Waals surface area contributed by atoms with Gasteiger partial charge in [-0.05, 0) is 54.4 Å². The maximum absolute atomic E-state index is 12.2. The number of hydrogen-bond donors (Lipinski definition) is 2. The van der Waals surface area contributed by atoms with Gasteiger partial charge in [0, 0.05) is 29.2 Å². The van der Waals surface area contributed by atoms with Gasteiger partial charge in [-0.1, -0.05) is 36.4 Å². The standard InChI is InChI=1S/C20H21N3OS/c1-15(20(24)22-12-9-16-5-3-2-4-6-16)23-25-19-8-7-18-14-21-11-10-17(18)13-19/h2-8,10-11,13-15,23H,9,12H2,1H3,(H,22,24)/t15-/m1/s1. The van der Waals surface area contributed by atoms with Crippen LogP contribution in [0.3, 0.4) is 0 Å². The third-order valence-electron chi connectivity index (χ3n) is 3.91. The maximum Gasteiger partial charge on any atom is 0.237 e. The van der Waals surface area contributed by atoms with Crippen molar-refractivity contribution in [3.05, 3.63) is 72.6 Å². The Kier molecular flexibility index (Phi) is 6.04. The molecule has 1 atom stereocenters. The molecule has 0 fully saturated rings. The van der Waals surface area contributed by atoms with E-state index in [2.05, 4.69) is 33.2 Å². The van der Waals surface area contributed by atoms with E-state index in [0.717, 1.165) is 22.1 Å². The van der Waals surface area contributed by atoms with Crippen molar-refractivity contribution in [1.29, 1.82) is 0 Å². The first-order valence-corrected chi connectivity index (χ1v) is 9.12. The summed E-state index contributed by atoms with van der Waals surface area (Å²) in [6, 6.07) is 18.0. The average molecular weight is 351 g/mol. The van der Waals surface area contributed by atoms with Crippen LogP contribution in [0.25, 0.3) is 10.8 Å². The highest BCUT2D eigenvalue weighted by molar-refractivity contribution is 7.97. The molecule has 0 spiro atoms. The molecule has 0 saturated heterocycles. The number of carbonyl (C=O) groups is 1. The Hall–Kier alpha value is -2.37. The predicted molar refractivity (Wildman–Crippen MR) is 103 cm³/mol. The van der Waals surface area contributed by atoms with Crippen molar-refractivity contribution in [3.63, 3.8) is 0 Å². The smallest absolute Gasteiger partial charge is 0.237 e. The molecule has 0 saturated carbocycles. The van der Waals surface area contributed by atoms with Crippen molar-refractivity contribution in [2.75, 3.05) is 6.54 Å². The normalized spacial score (nSPS) is 12.0. The van der Waals surface area contributed by atoms with Crippen LogP contribution in [0.1, 0.15) is 12.5 Å². The number of pyridine rings is 1. The first-order valence-electron chi connectivity index (χ1n) is 8.30. The van der Waals surface area contributed by atoms with E-state index in [0.29, 0.717) is 6.54 Å². The molecule has 1 amide bonds. The number of benzene rings is 2. The van der Waals surface area contributed by atoms with E-state index in [1.165, 1.54) is 17.5 Å². The second-order valence-corrected chi connectivity index (χ2v) is 6.76. The minimum Gasteiger partial charge on any atom is -0.354 e. The van der Waals surface area contributed by atoms with Crippen LogP contribution in [-0.4, -0.2) is 23.5 Å². The van der Waals surface area contributed by atoms with Crippen molar-refractivity contribution in [2.45, 2.75) is 24.3 Å². The van der Waals surface area contributed by atoms with Gasteiger partial charge in [-0.2, -0.15) is 0 Å². The summed E-state index contributed by atoms with van der Waals surface area (Å²) in [5, 5.41) is 5.22. The molecule has 0 unspecified atom stereocenters. The molecule has 0 aliphatic carbocycles. The summed E-state index contributed by atoms with van der Waals surface area (Å²) in [5.41, 5.74) is 1.23. The van der Waals surface area contributed by atoms with Gasteiger partial charge in [-0.3, -0.25) is 9.78 Å². The van der Waals surface area contributed by atoms with Gasteiger partial charge in [0.1, 0.15) is 0 Å². The van der Waals surface area contributed by atoms with Gasteiger partial charge >= 0.3 is 0 Å². The minimum absolute atomic E-state index is 0.00780. The lowest BCUT2D eigenvalue weighted by Crippen LogP contribution is -2.40. The van der Waals surface area contributed by atoms with Crippen molar-refractivity contribution >= 4 is 28.6 Å². The first-order chi connectivity index (χ1) is 12.2. The van der Waals surface area contributed by atoms with E-state index < -0.39 is 0 Å². The summed E-state index contributed by atoms with van der Waals surface area (Å²) in [4.78, 5) is 17.4. The summed E-state index contributed by atoms with van der Waals surface area (Å²) in [6.45, 7) is 2.51. The Bertz CT molecular complexity index is 838. The zero-order valence-electron chi connectivity index (χ0n) is 14.1. The Morgan fingerprint density at radius 2 is 1.96 bits per heavy atom. The third kappa shape index (κ3) is 5.05. The quantitative estimate of drug-likeness (QED) is 0.639. The highest BCUT2D eigenvalue weighted by Gasteiger charge is 2.12. The Morgan fingerprint density at radius 3 is 2.80 bits per heavy atom. The van der Waals surface area contributed by atoms with Crippen LogP contribution >= 0.6 is 11.9 Å². The van der Waals surface area contributed by atoms with Crippen molar-refractivity contribution in [2.24, 2.45) is 0 Å². The molecule has 5 heteroatoms. The average Bonchev–Trinajstić information content (AvgIpc) is 2.66. The molecular weight excluding hydrogens is 330 g/mol. The van der Waals surface area contributed by atoms with Gasteiger partial charge in [-0.15, -0.1) is 0 Å². The van der Waals surface area contributed by atoms with Gasteiger partial charge < -0.3 is 5.32 Å². The van der Waals surface area contributed by atoms with Crippen LogP contribution in [0.15, 0.2) is 71.9 Å². The Balaban J connectivity index is 1.46. The molecule has 0 aliphatic rings. The van der Waals surface area contributed by atoms with Gasteiger partial charge in [0.15, 0.2) is 0 Å². The number of fused-ring (bicyclic) bond motifs is 1. The van der Waals surface area contributed by atoms with Gasteiger partial charge in [0.05, 0.1) is 6.04 Å². The Labute approximate surface area is 152 Å². The van der Waals surface area contributed by atoms with Crippen LogP contribution in [0.4, 0.5) is 0 Å². The number of aromatic nitrogens is 1. The molecule has 2 N–H and O–H groups in total. The molecule has 0 aliphatic heterocycles. The zero-order chi connectivity index (χ0) is 17.5. The van der Waals surface area contributed by atoms with Crippen LogP contribution in [0, 0.1) is 0 Å². The van der Waals surface area contributed by atoms with Gasteiger partial charge in [0.25, 0.3) is 0 Å². The van der Waals surface area contributed by atoms with Crippen LogP contribution in [0.2, 0.25) is 0 Å². The molecule has 1 heterocycles. The number of rotatable bonds is 7. The van der Waals surface area contributed by atoms with Crippen molar-refractivity contribution in [3.8, 4) is 0 Å². The fourth-order valence-corrected chi connectivity index (χ4v) is 3.20. The van der Waals surface area contributed by atoms with Gasteiger partial charge in [0.2, 0.25) is 5.91 Å². The van der Waals surface area contributed by atoms with E-state index in [9.17, 15) is 4.79 Å². The Morgan fingerprint density at radius 1 is 1.12 bits per heavy atom. The third-order valence-corrected chi connectivity index (χ3v) is 4.88. The van der Waals surface area contributed by atoms with Crippen LogP contribution < -0.4 is 10.0 Å². The van der Waals surface area contributed by atoms with E-state index in [1.54, 1.807) is 6.20 Å². The van der Waals surface area contributed by atoms with E-state index >= 15 is 0 Å². The van der Waals surface area contributed by atoms with E-state index in [1.807, 2.05) is 49.5 Å². The number of amides is 1. The van der Waals surface area contributed by atoms with Crippen LogP contribution in [-0.2, 0) is 11.2 Å². The first kappa shape index (κ1) is 17.5. The zero-order valence-corrected chi connectivity index (χ0v) is 14.9. The molecule has 25 heavy (non-hydrogen) atoms. The van der Waals surface area contributed by atoms with Crippen molar-refractivity contribution < 1.29 is 4.79 Å². The lowest BCUT2D eigenvalue weighted by molar-refractivity contribution is -0.122. The molecule has 3 aromatic rings. The monoisotopic (exact) mass is 351 g/mol. The highest BCUT2D eigenvalue weighted by atomic mass is 32.2. The van der Waals surface area contributed by atoms with E-state index in [-0.39, 0.29) is 11.9 Å². The summed E-state index contributed by atoms with van der Waals surface area (Å²) in [5.74, 6) is 0.00780.